The van der Waals surface area contributed by atoms with Crippen LogP contribution in [0.5, 0.6) is 5.75 Å². The van der Waals surface area contributed by atoms with Crippen molar-refractivity contribution in [3.8, 4) is 16.9 Å². The van der Waals surface area contributed by atoms with E-state index in [1.807, 2.05) is 12.1 Å². The molecule has 6 nitrogen and oxygen atoms in total. The van der Waals surface area contributed by atoms with Crippen LogP contribution in [0.25, 0.3) is 11.1 Å². The van der Waals surface area contributed by atoms with Crippen LogP contribution in [0.1, 0.15) is 20.7 Å². The van der Waals surface area contributed by atoms with Crippen LogP contribution in [0.4, 0.5) is 11.4 Å². The monoisotopic (exact) mass is 348 g/mol. The Labute approximate surface area is 149 Å². The van der Waals surface area contributed by atoms with Crippen LogP contribution in [-0.2, 0) is 0 Å². The molecule has 0 spiro atoms. The number of hydrogen-bond donors (Lipinski definition) is 3. The molecule has 0 atom stereocenters. The van der Waals surface area contributed by atoms with Crippen molar-refractivity contribution in [2.45, 2.75) is 0 Å². The highest BCUT2D eigenvalue weighted by molar-refractivity contribution is 5.95. The third-order valence-electron chi connectivity index (χ3n) is 3.82. The van der Waals surface area contributed by atoms with Gasteiger partial charge in [0.15, 0.2) is 0 Å². The summed E-state index contributed by atoms with van der Waals surface area (Å²) < 4.78 is 5.50. The maximum absolute atomic E-state index is 12.4. The van der Waals surface area contributed by atoms with Crippen LogP contribution < -0.4 is 16.2 Å². The number of carbonyl (C=O) groups is 2. The van der Waals surface area contributed by atoms with Gasteiger partial charge in [0, 0.05) is 22.5 Å². The van der Waals surface area contributed by atoms with E-state index in [1.165, 1.54) is 24.3 Å². The van der Waals surface area contributed by atoms with E-state index in [4.69, 9.17) is 21.3 Å². The Morgan fingerprint density at radius 1 is 0.808 bits per heavy atom. The van der Waals surface area contributed by atoms with Crippen molar-refractivity contribution in [1.29, 1.82) is 0 Å². The first-order valence-electron chi connectivity index (χ1n) is 7.75. The topological polar surface area (TPSA) is 116 Å². The molecule has 3 aromatic carbocycles. The Kier molecular flexibility index (Phi) is 4.57. The van der Waals surface area contributed by atoms with Crippen LogP contribution in [0, 0.1) is 0 Å². The van der Waals surface area contributed by atoms with Gasteiger partial charge < -0.3 is 21.3 Å². The molecule has 130 valence electrons. The molecule has 0 fully saturated rings. The summed E-state index contributed by atoms with van der Waals surface area (Å²) in [6.45, 7) is 0. The number of carbonyl (C=O) groups excluding carboxylic acids is 1. The Morgan fingerprint density at radius 3 is 2.12 bits per heavy atom. The molecular weight excluding hydrogens is 332 g/mol. The minimum Gasteiger partial charge on any atom is -0.478 e. The Bertz CT molecular complexity index is 981. The third-order valence-corrected chi connectivity index (χ3v) is 3.82. The van der Waals surface area contributed by atoms with E-state index in [-0.39, 0.29) is 11.1 Å². The molecule has 0 heterocycles. The van der Waals surface area contributed by atoms with Gasteiger partial charge in [-0.05, 0) is 48.5 Å². The molecule has 0 aliphatic carbocycles. The number of carboxylic acid groups (broad SMARTS) is 1. The fraction of sp³-hybridized carbons (Fsp3) is 0. The summed E-state index contributed by atoms with van der Waals surface area (Å²) in [5, 5.41) is 8.92. The zero-order chi connectivity index (χ0) is 18.7. The van der Waals surface area contributed by atoms with E-state index in [0.29, 0.717) is 28.3 Å². The van der Waals surface area contributed by atoms with Crippen molar-refractivity contribution in [2.24, 2.45) is 0 Å². The Morgan fingerprint density at radius 2 is 1.46 bits per heavy atom. The fourth-order valence-electron chi connectivity index (χ4n) is 2.50. The van der Waals surface area contributed by atoms with Gasteiger partial charge in [0.05, 0.1) is 11.1 Å². The normalized spacial score (nSPS) is 10.3. The summed E-state index contributed by atoms with van der Waals surface area (Å²) in [6, 6.07) is 17.6. The number of anilines is 2. The van der Waals surface area contributed by atoms with Crippen molar-refractivity contribution >= 4 is 23.3 Å². The lowest BCUT2D eigenvalue weighted by Gasteiger charge is -2.13. The second-order valence-electron chi connectivity index (χ2n) is 5.61. The summed E-state index contributed by atoms with van der Waals surface area (Å²) in [6.07, 6.45) is 0. The quantitative estimate of drug-likeness (QED) is 0.378. The second-order valence-corrected chi connectivity index (χ2v) is 5.61. The first kappa shape index (κ1) is 17.0. The predicted octanol–water partition coefficient (Wildman–Crippen LogP) is 3.44. The summed E-state index contributed by atoms with van der Waals surface area (Å²) in [5.41, 5.74) is 14.5. The van der Waals surface area contributed by atoms with Crippen molar-refractivity contribution in [3.63, 3.8) is 0 Å². The van der Waals surface area contributed by atoms with Gasteiger partial charge in [-0.3, -0.25) is 0 Å². The van der Waals surface area contributed by atoms with Crippen molar-refractivity contribution in [3.05, 3.63) is 77.9 Å². The summed E-state index contributed by atoms with van der Waals surface area (Å²) in [5.74, 6) is -1.36. The number of para-hydroxylation sites is 1. The molecule has 3 rings (SSSR count). The van der Waals surface area contributed by atoms with E-state index in [0.717, 1.165) is 0 Å². The van der Waals surface area contributed by atoms with Crippen LogP contribution in [-0.4, -0.2) is 17.0 Å². The van der Waals surface area contributed by atoms with Gasteiger partial charge in [0.2, 0.25) is 0 Å². The number of rotatable bonds is 4. The van der Waals surface area contributed by atoms with E-state index >= 15 is 0 Å². The van der Waals surface area contributed by atoms with Crippen LogP contribution in [0.2, 0.25) is 0 Å². The molecule has 0 saturated carbocycles. The molecule has 0 amide bonds. The SMILES string of the molecule is Nc1ccc(OC(=O)c2ccc(C(=O)O)cc2)c(-c2ccccc2N)c1. The molecule has 5 N–H and O–H groups in total. The van der Waals surface area contributed by atoms with Crippen molar-refractivity contribution in [1.82, 2.24) is 0 Å². The van der Waals surface area contributed by atoms with Gasteiger partial charge in [0.25, 0.3) is 0 Å². The average Bonchev–Trinajstić information content (AvgIpc) is 2.63. The van der Waals surface area contributed by atoms with Gasteiger partial charge in [-0.15, -0.1) is 0 Å². The number of esters is 1. The Hall–Kier alpha value is -3.80. The second kappa shape index (κ2) is 6.98. The van der Waals surface area contributed by atoms with E-state index in [9.17, 15) is 9.59 Å². The lowest BCUT2D eigenvalue weighted by atomic mass is 10.0. The number of ether oxygens (including phenoxy) is 1. The highest BCUT2D eigenvalue weighted by Gasteiger charge is 2.15. The number of nitrogens with two attached hydrogens (primary N) is 2. The van der Waals surface area contributed by atoms with Gasteiger partial charge in [-0.1, -0.05) is 18.2 Å². The predicted molar refractivity (Wildman–Crippen MR) is 99.1 cm³/mol. The fourth-order valence-corrected chi connectivity index (χ4v) is 2.50. The van der Waals surface area contributed by atoms with E-state index in [1.54, 1.807) is 30.3 Å². The summed E-state index contributed by atoms with van der Waals surface area (Å²) >= 11 is 0. The standard InChI is InChI=1S/C20H16N2O4/c21-14-9-10-18(16(11-14)15-3-1-2-4-17(15)22)26-20(25)13-7-5-12(6-8-13)19(23)24/h1-11H,21-22H2,(H,23,24). The number of nitrogen functional groups attached to an aromatic ring is 2. The van der Waals surface area contributed by atoms with E-state index in [2.05, 4.69) is 0 Å². The summed E-state index contributed by atoms with van der Waals surface area (Å²) in [4.78, 5) is 23.3. The lowest BCUT2D eigenvalue weighted by Crippen LogP contribution is -2.10. The molecule has 26 heavy (non-hydrogen) atoms. The molecule has 0 aliphatic heterocycles. The summed E-state index contributed by atoms with van der Waals surface area (Å²) in [7, 11) is 0. The number of hydrogen-bond acceptors (Lipinski definition) is 5. The molecule has 0 radical (unpaired) electrons. The first-order valence-corrected chi connectivity index (χ1v) is 7.75. The van der Waals surface area contributed by atoms with Crippen LogP contribution in [0.15, 0.2) is 66.7 Å². The highest BCUT2D eigenvalue weighted by Crippen LogP contribution is 2.35. The van der Waals surface area contributed by atoms with E-state index < -0.39 is 11.9 Å². The zero-order valence-electron chi connectivity index (χ0n) is 13.7. The molecule has 6 heteroatoms. The van der Waals surface area contributed by atoms with Crippen molar-refractivity contribution in [2.75, 3.05) is 11.5 Å². The molecular formula is C20H16N2O4. The molecule has 0 aliphatic rings. The van der Waals surface area contributed by atoms with Crippen LogP contribution >= 0.6 is 0 Å². The third kappa shape index (κ3) is 3.49. The average molecular weight is 348 g/mol. The minimum atomic E-state index is -1.06. The maximum Gasteiger partial charge on any atom is 0.343 e. The maximum atomic E-state index is 12.4. The highest BCUT2D eigenvalue weighted by atomic mass is 16.5. The largest absolute Gasteiger partial charge is 0.478 e. The van der Waals surface area contributed by atoms with Gasteiger partial charge >= 0.3 is 11.9 Å². The molecule has 0 aromatic heterocycles. The van der Waals surface area contributed by atoms with Gasteiger partial charge in [0.1, 0.15) is 5.75 Å². The molecule has 0 bridgehead atoms. The van der Waals surface area contributed by atoms with Crippen molar-refractivity contribution < 1.29 is 19.4 Å². The molecule has 0 unspecified atom stereocenters. The number of carboxylic acids is 1. The lowest BCUT2D eigenvalue weighted by molar-refractivity contribution is 0.0692. The van der Waals surface area contributed by atoms with Gasteiger partial charge in [-0.25, -0.2) is 9.59 Å². The smallest absolute Gasteiger partial charge is 0.343 e. The number of aromatic carboxylic acids is 1. The molecule has 0 saturated heterocycles. The molecule has 3 aromatic rings. The number of benzene rings is 3. The zero-order valence-corrected chi connectivity index (χ0v) is 13.7. The van der Waals surface area contributed by atoms with Crippen LogP contribution in [0.3, 0.4) is 0 Å². The minimum absolute atomic E-state index is 0.0896. The van der Waals surface area contributed by atoms with Gasteiger partial charge in [-0.2, -0.15) is 0 Å². The first-order chi connectivity index (χ1) is 12.5. The Balaban J connectivity index is 1.94.